The molecule has 0 rings (SSSR count). The molecule has 0 aromatic rings. The third kappa shape index (κ3) is 6.09. The van der Waals surface area contributed by atoms with Crippen LogP contribution in [0.25, 0.3) is 0 Å². The van der Waals surface area contributed by atoms with Crippen LogP contribution >= 0.6 is 11.6 Å². The molecule has 0 spiro atoms. The second-order valence-electron chi connectivity index (χ2n) is 2.44. The monoisotopic (exact) mass is 161 g/mol. The van der Waals surface area contributed by atoms with Crippen molar-refractivity contribution in [3.8, 4) is 0 Å². The Labute approximate surface area is 67.8 Å². The Morgan fingerprint density at radius 1 is 1.50 bits per heavy atom. The number of halogens is 1. The zero-order valence-corrected chi connectivity index (χ0v) is 7.16. The van der Waals surface area contributed by atoms with Gasteiger partial charge in [-0.2, -0.15) is 0 Å². The van der Waals surface area contributed by atoms with Crippen molar-refractivity contribution in [3.63, 3.8) is 0 Å². The van der Waals surface area contributed by atoms with Crippen molar-refractivity contribution < 1.29 is 4.79 Å². The van der Waals surface area contributed by atoms with E-state index in [1.807, 2.05) is 6.29 Å². The molecule has 0 N–H and O–H groups in total. The molecular weight excluding hydrogens is 148 g/mol. The molecule has 59 valence electrons. The smallest absolute Gasteiger partial charge is 0.199 e. The van der Waals surface area contributed by atoms with Crippen molar-refractivity contribution in [2.75, 3.05) is 0 Å². The van der Waals surface area contributed by atoms with Crippen LogP contribution < -0.4 is 0 Å². The number of hydrogen-bond donors (Lipinski definition) is 0. The molecule has 0 bridgehead atoms. The zero-order chi connectivity index (χ0) is 7.82. The Hall–Kier alpha value is -0.0400. The number of carbonyl (C=O) groups excluding carboxylic acids is 1. The average molecular weight is 162 g/mol. The maximum atomic E-state index is 9.84. The van der Waals surface area contributed by atoms with Gasteiger partial charge in [-0.1, -0.05) is 26.2 Å². The summed E-state index contributed by atoms with van der Waals surface area (Å²) in [6, 6.07) is 0. The van der Waals surface area contributed by atoms with Gasteiger partial charge in [0.25, 0.3) is 0 Å². The highest BCUT2D eigenvalue weighted by molar-refractivity contribution is 6.21. The van der Waals surface area contributed by atoms with Crippen molar-refractivity contribution >= 4 is 17.9 Å². The minimum atomic E-state index is 0.0176. The van der Waals surface area contributed by atoms with Crippen molar-refractivity contribution in [1.29, 1.82) is 0 Å². The van der Waals surface area contributed by atoms with Gasteiger partial charge in [0.05, 0.1) is 0 Å². The maximum absolute atomic E-state index is 9.84. The highest BCUT2D eigenvalue weighted by Crippen LogP contribution is 2.10. The van der Waals surface area contributed by atoms with Crippen LogP contribution in [0, 0.1) is 0 Å². The summed E-state index contributed by atoms with van der Waals surface area (Å²) in [6.07, 6.45) is 6.69. The Bertz CT molecular complexity index is 83.3. The van der Waals surface area contributed by atoms with Gasteiger partial charge in [-0.05, 0) is 6.42 Å². The molecule has 0 aromatic heterocycles. The molecule has 0 heterocycles. The summed E-state index contributed by atoms with van der Waals surface area (Å²) < 4.78 is 0. The van der Waals surface area contributed by atoms with E-state index in [4.69, 9.17) is 11.6 Å². The number of rotatable bonds is 6. The van der Waals surface area contributed by atoms with Gasteiger partial charge in [0.15, 0.2) is 6.29 Å². The van der Waals surface area contributed by atoms with Crippen LogP contribution in [0.2, 0.25) is 0 Å². The van der Waals surface area contributed by atoms with Gasteiger partial charge in [0, 0.05) is 11.8 Å². The summed E-state index contributed by atoms with van der Waals surface area (Å²) >= 11 is 5.75. The summed E-state index contributed by atoms with van der Waals surface area (Å²) in [5, 5.41) is 0.0176. The third-order valence-electron chi connectivity index (χ3n) is 1.43. The summed E-state index contributed by atoms with van der Waals surface area (Å²) in [6.45, 7) is 2.15. The SMILES string of the molecule is CCCCCC(Cl)C[C]=O. The van der Waals surface area contributed by atoms with Gasteiger partial charge < -0.3 is 0 Å². The van der Waals surface area contributed by atoms with Crippen LogP contribution in [-0.4, -0.2) is 11.7 Å². The first-order valence-corrected chi connectivity index (χ1v) is 4.24. The predicted octanol–water partition coefficient (Wildman–Crippen LogP) is 2.67. The second kappa shape index (κ2) is 7.07. The molecule has 1 atom stereocenters. The van der Waals surface area contributed by atoms with Crippen LogP contribution in [0.3, 0.4) is 0 Å². The van der Waals surface area contributed by atoms with Crippen molar-refractivity contribution in [2.45, 2.75) is 44.4 Å². The summed E-state index contributed by atoms with van der Waals surface area (Å²) in [7, 11) is 0. The van der Waals surface area contributed by atoms with Crippen LogP contribution in [0.4, 0.5) is 0 Å². The fourth-order valence-corrected chi connectivity index (χ4v) is 1.03. The molecule has 0 aromatic carbocycles. The number of unbranched alkanes of at least 4 members (excludes halogenated alkanes) is 2. The van der Waals surface area contributed by atoms with Gasteiger partial charge in [-0.15, -0.1) is 11.6 Å². The quantitative estimate of drug-likeness (QED) is 0.433. The highest BCUT2D eigenvalue weighted by Gasteiger charge is 2.02. The van der Waals surface area contributed by atoms with Crippen LogP contribution in [0.15, 0.2) is 0 Å². The molecule has 0 aliphatic heterocycles. The molecule has 0 amide bonds. The minimum absolute atomic E-state index is 0.0176. The topological polar surface area (TPSA) is 17.1 Å². The Morgan fingerprint density at radius 3 is 2.70 bits per heavy atom. The maximum Gasteiger partial charge on any atom is 0.199 e. The van der Waals surface area contributed by atoms with E-state index in [9.17, 15) is 4.79 Å². The molecule has 1 nitrogen and oxygen atoms in total. The first kappa shape index (κ1) is 9.96. The standard InChI is InChI=1S/C8H14ClO/c1-2-3-4-5-8(9)6-7-10/h8H,2-6H2,1H3. The molecule has 0 saturated heterocycles. The highest BCUT2D eigenvalue weighted by atomic mass is 35.5. The van der Waals surface area contributed by atoms with Crippen molar-refractivity contribution in [2.24, 2.45) is 0 Å². The normalized spacial score (nSPS) is 13.0. The lowest BCUT2D eigenvalue weighted by Crippen LogP contribution is -1.98. The zero-order valence-electron chi connectivity index (χ0n) is 6.40. The van der Waals surface area contributed by atoms with E-state index in [0.29, 0.717) is 6.42 Å². The van der Waals surface area contributed by atoms with Crippen LogP contribution in [0.5, 0.6) is 0 Å². The lowest BCUT2D eigenvalue weighted by molar-refractivity contribution is 0.544. The first-order chi connectivity index (χ1) is 4.81. The third-order valence-corrected chi connectivity index (χ3v) is 1.80. The van der Waals surface area contributed by atoms with Gasteiger partial charge in [-0.25, -0.2) is 0 Å². The van der Waals surface area contributed by atoms with E-state index < -0.39 is 0 Å². The molecular formula is C8H14ClO. The first-order valence-electron chi connectivity index (χ1n) is 3.80. The molecule has 1 radical (unpaired) electrons. The predicted molar refractivity (Wildman–Crippen MR) is 44.1 cm³/mol. The molecule has 10 heavy (non-hydrogen) atoms. The lowest BCUT2D eigenvalue weighted by atomic mass is 10.1. The lowest BCUT2D eigenvalue weighted by Gasteiger charge is -2.02. The van der Waals surface area contributed by atoms with Crippen LogP contribution in [-0.2, 0) is 4.79 Å². The van der Waals surface area contributed by atoms with E-state index >= 15 is 0 Å². The molecule has 2 heteroatoms. The van der Waals surface area contributed by atoms with E-state index in [1.165, 1.54) is 12.8 Å². The fourth-order valence-electron chi connectivity index (χ4n) is 0.808. The van der Waals surface area contributed by atoms with Gasteiger partial charge in [0.1, 0.15) is 0 Å². The Kier molecular flexibility index (Phi) is 7.04. The van der Waals surface area contributed by atoms with E-state index in [2.05, 4.69) is 6.92 Å². The Morgan fingerprint density at radius 2 is 2.20 bits per heavy atom. The van der Waals surface area contributed by atoms with Gasteiger partial charge in [0.2, 0.25) is 0 Å². The molecule has 0 aliphatic carbocycles. The van der Waals surface area contributed by atoms with E-state index in [-0.39, 0.29) is 5.38 Å². The molecule has 1 unspecified atom stereocenters. The summed E-state index contributed by atoms with van der Waals surface area (Å²) in [4.78, 5) is 9.84. The molecule has 0 saturated carbocycles. The van der Waals surface area contributed by atoms with Crippen molar-refractivity contribution in [3.05, 3.63) is 0 Å². The van der Waals surface area contributed by atoms with Crippen molar-refractivity contribution in [1.82, 2.24) is 0 Å². The number of hydrogen-bond acceptors (Lipinski definition) is 1. The van der Waals surface area contributed by atoms with E-state index in [0.717, 1.165) is 12.8 Å². The fraction of sp³-hybridized carbons (Fsp3) is 0.875. The number of alkyl halides is 1. The summed E-state index contributed by atoms with van der Waals surface area (Å²) in [5.41, 5.74) is 0. The Balaban J connectivity index is 3.04. The largest absolute Gasteiger partial charge is 0.291 e. The average Bonchev–Trinajstić information content (AvgIpc) is 1.89. The molecule has 0 fully saturated rings. The second-order valence-corrected chi connectivity index (χ2v) is 3.06. The molecule has 0 aliphatic rings. The van der Waals surface area contributed by atoms with Crippen LogP contribution in [0.1, 0.15) is 39.0 Å². The van der Waals surface area contributed by atoms with Gasteiger partial charge >= 0.3 is 0 Å². The minimum Gasteiger partial charge on any atom is -0.291 e. The van der Waals surface area contributed by atoms with E-state index in [1.54, 1.807) is 0 Å². The van der Waals surface area contributed by atoms with Gasteiger partial charge in [-0.3, -0.25) is 4.79 Å². The summed E-state index contributed by atoms with van der Waals surface area (Å²) in [5.74, 6) is 0.